The van der Waals surface area contributed by atoms with Crippen molar-refractivity contribution in [1.82, 2.24) is 4.90 Å². The highest BCUT2D eigenvalue weighted by Gasteiger charge is 2.21. The maximum Gasteiger partial charge on any atom is 0.0165 e. The summed E-state index contributed by atoms with van der Waals surface area (Å²) in [6.07, 6.45) is 4.34. The largest absolute Gasteiger partial charge is 0.330 e. The molecule has 0 saturated carbocycles. The molecule has 0 rings (SSSR count). The maximum atomic E-state index is 5.52. The molecule has 0 fully saturated rings. The number of rotatable bonds is 7. The topological polar surface area (TPSA) is 29.3 Å². The molecule has 90 valence electrons. The third kappa shape index (κ3) is 6.69. The first-order chi connectivity index (χ1) is 6.91. The molecule has 0 saturated heterocycles. The molecule has 0 amide bonds. The second-order valence-corrected chi connectivity index (χ2v) is 5.40. The predicted molar refractivity (Wildman–Crippen MR) is 69.0 cm³/mol. The van der Waals surface area contributed by atoms with Crippen LogP contribution in [0.4, 0.5) is 0 Å². The first-order valence-electron chi connectivity index (χ1n) is 5.97. The second kappa shape index (κ2) is 7.02. The van der Waals surface area contributed by atoms with Gasteiger partial charge in [-0.05, 0) is 46.1 Å². The molecule has 0 radical (unpaired) electrons. The van der Waals surface area contributed by atoms with Crippen LogP contribution in [0.2, 0.25) is 0 Å². The van der Waals surface area contributed by atoms with Crippen molar-refractivity contribution in [3.05, 3.63) is 12.7 Å². The minimum atomic E-state index is 0.227. The lowest BCUT2D eigenvalue weighted by molar-refractivity contribution is 0.130. The van der Waals surface area contributed by atoms with Crippen molar-refractivity contribution in [2.24, 2.45) is 11.7 Å². The van der Waals surface area contributed by atoms with Crippen molar-refractivity contribution < 1.29 is 0 Å². The molecule has 0 aliphatic rings. The SMILES string of the molecule is C=CCN(CC(C)CCCN)C(C)(C)C. The summed E-state index contributed by atoms with van der Waals surface area (Å²) >= 11 is 0. The Hall–Kier alpha value is -0.340. The predicted octanol–water partition coefficient (Wildman–Crippen LogP) is 2.65. The van der Waals surface area contributed by atoms with E-state index >= 15 is 0 Å². The van der Waals surface area contributed by atoms with Gasteiger partial charge >= 0.3 is 0 Å². The molecule has 0 bridgehead atoms. The lowest BCUT2D eigenvalue weighted by Gasteiger charge is -2.36. The molecule has 0 aromatic heterocycles. The molecule has 0 heterocycles. The Bertz CT molecular complexity index is 170. The van der Waals surface area contributed by atoms with Crippen LogP contribution in [0, 0.1) is 5.92 Å². The van der Waals surface area contributed by atoms with E-state index in [4.69, 9.17) is 5.73 Å². The van der Waals surface area contributed by atoms with Gasteiger partial charge < -0.3 is 5.73 Å². The van der Waals surface area contributed by atoms with Gasteiger partial charge in [-0.2, -0.15) is 0 Å². The van der Waals surface area contributed by atoms with Crippen molar-refractivity contribution >= 4 is 0 Å². The van der Waals surface area contributed by atoms with E-state index in [9.17, 15) is 0 Å². The molecular formula is C13H28N2. The summed E-state index contributed by atoms with van der Waals surface area (Å²) in [7, 11) is 0. The summed E-state index contributed by atoms with van der Waals surface area (Å²) in [5, 5.41) is 0. The highest BCUT2D eigenvalue weighted by atomic mass is 15.2. The van der Waals surface area contributed by atoms with Crippen LogP contribution in [0.1, 0.15) is 40.5 Å². The highest BCUT2D eigenvalue weighted by Crippen LogP contribution is 2.17. The van der Waals surface area contributed by atoms with E-state index < -0.39 is 0 Å². The van der Waals surface area contributed by atoms with Crippen LogP contribution in [0.3, 0.4) is 0 Å². The zero-order valence-electron chi connectivity index (χ0n) is 10.9. The van der Waals surface area contributed by atoms with Gasteiger partial charge in [0.05, 0.1) is 0 Å². The molecule has 1 unspecified atom stereocenters. The standard InChI is InChI=1S/C13H28N2/c1-6-10-15(13(3,4)5)11-12(2)8-7-9-14/h6,12H,1,7-11,14H2,2-5H3. The van der Waals surface area contributed by atoms with Crippen LogP contribution in [-0.2, 0) is 0 Å². The van der Waals surface area contributed by atoms with Gasteiger partial charge in [0.15, 0.2) is 0 Å². The molecule has 0 spiro atoms. The molecule has 2 nitrogen and oxygen atoms in total. The van der Waals surface area contributed by atoms with E-state index in [1.54, 1.807) is 0 Å². The monoisotopic (exact) mass is 212 g/mol. The van der Waals surface area contributed by atoms with Crippen molar-refractivity contribution in [2.45, 2.75) is 46.1 Å². The summed E-state index contributed by atoms with van der Waals surface area (Å²) in [5.74, 6) is 0.715. The van der Waals surface area contributed by atoms with Gasteiger partial charge in [0.1, 0.15) is 0 Å². The molecule has 0 aromatic carbocycles. The minimum Gasteiger partial charge on any atom is -0.330 e. The van der Waals surface area contributed by atoms with Gasteiger partial charge in [-0.1, -0.05) is 13.0 Å². The highest BCUT2D eigenvalue weighted by molar-refractivity contribution is 4.83. The lowest BCUT2D eigenvalue weighted by atomic mass is 10.00. The Labute approximate surface area is 95.5 Å². The van der Waals surface area contributed by atoms with Crippen LogP contribution >= 0.6 is 0 Å². The van der Waals surface area contributed by atoms with Gasteiger partial charge in [0.25, 0.3) is 0 Å². The van der Waals surface area contributed by atoms with E-state index in [2.05, 4.69) is 39.2 Å². The third-order valence-electron chi connectivity index (χ3n) is 2.73. The summed E-state index contributed by atoms with van der Waals surface area (Å²) in [5.41, 5.74) is 5.75. The second-order valence-electron chi connectivity index (χ2n) is 5.40. The maximum absolute atomic E-state index is 5.52. The van der Waals surface area contributed by atoms with Crippen LogP contribution < -0.4 is 5.73 Å². The molecular weight excluding hydrogens is 184 g/mol. The Morgan fingerprint density at radius 2 is 2.00 bits per heavy atom. The van der Waals surface area contributed by atoms with Crippen LogP contribution in [-0.4, -0.2) is 30.1 Å². The first kappa shape index (κ1) is 14.7. The van der Waals surface area contributed by atoms with Crippen molar-refractivity contribution in [3.63, 3.8) is 0 Å². The Balaban J connectivity index is 4.10. The summed E-state index contributed by atoms with van der Waals surface area (Å²) in [6.45, 7) is 15.8. The number of hydrogen-bond donors (Lipinski definition) is 1. The van der Waals surface area contributed by atoms with Gasteiger partial charge in [0, 0.05) is 18.6 Å². The van der Waals surface area contributed by atoms with E-state index in [1.165, 1.54) is 6.42 Å². The van der Waals surface area contributed by atoms with Gasteiger partial charge in [-0.15, -0.1) is 6.58 Å². The van der Waals surface area contributed by atoms with Gasteiger partial charge in [-0.3, -0.25) is 4.90 Å². The average molecular weight is 212 g/mol. The quantitative estimate of drug-likeness (QED) is 0.657. The van der Waals surface area contributed by atoms with Crippen molar-refractivity contribution in [3.8, 4) is 0 Å². The van der Waals surface area contributed by atoms with Crippen LogP contribution in [0.5, 0.6) is 0 Å². The smallest absolute Gasteiger partial charge is 0.0165 e. The fourth-order valence-electron chi connectivity index (χ4n) is 1.71. The summed E-state index contributed by atoms with van der Waals surface area (Å²) in [6, 6.07) is 0. The Morgan fingerprint density at radius 1 is 1.40 bits per heavy atom. The molecule has 0 aliphatic carbocycles. The summed E-state index contributed by atoms with van der Waals surface area (Å²) in [4.78, 5) is 2.47. The normalized spacial score (nSPS) is 14.3. The number of hydrogen-bond acceptors (Lipinski definition) is 2. The van der Waals surface area contributed by atoms with Gasteiger partial charge in [-0.25, -0.2) is 0 Å². The molecule has 0 aromatic rings. The number of nitrogens with two attached hydrogens (primary N) is 1. The van der Waals surface area contributed by atoms with Gasteiger partial charge in [0.2, 0.25) is 0 Å². The van der Waals surface area contributed by atoms with E-state index in [1.807, 2.05) is 6.08 Å². The van der Waals surface area contributed by atoms with Crippen LogP contribution in [0.25, 0.3) is 0 Å². The van der Waals surface area contributed by atoms with Crippen LogP contribution in [0.15, 0.2) is 12.7 Å². The molecule has 1 atom stereocenters. The Morgan fingerprint density at radius 3 is 2.40 bits per heavy atom. The molecule has 2 N–H and O–H groups in total. The fourth-order valence-corrected chi connectivity index (χ4v) is 1.71. The average Bonchev–Trinajstić information content (AvgIpc) is 2.12. The van der Waals surface area contributed by atoms with Crippen molar-refractivity contribution in [1.29, 1.82) is 0 Å². The Kier molecular flexibility index (Phi) is 6.86. The third-order valence-corrected chi connectivity index (χ3v) is 2.73. The zero-order valence-corrected chi connectivity index (χ0v) is 10.9. The van der Waals surface area contributed by atoms with Crippen molar-refractivity contribution in [2.75, 3.05) is 19.6 Å². The van der Waals surface area contributed by atoms with E-state index in [0.717, 1.165) is 26.1 Å². The molecule has 0 aliphatic heterocycles. The van der Waals surface area contributed by atoms with E-state index in [0.29, 0.717) is 5.92 Å². The summed E-state index contributed by atoms with van der Waals surface area (Å²) < 4.78 is 0. The zero-order chi connectivity index (χ0) is 11.9. The number of nitrogens with zero attached hydrogens (tertiary/aromatic N) is 1. The molecule has 2 heteroatoms. The lowest BCUT2D eigenvalue weighted by Crippen LogP contribution is -2.43. The molecule has 15 heavy (non-hydrogen) atoms. The fraction of sp³-hybridized carbons (Fsp3) is 0.846. The minimum absolute atomic E-state index is 0.227. The first-order valence-corrected chi connectivity index (χ1v) is 5.97. The van der Waals surface area contributed by atoms with E-state index in [-0.39, 0.29) is 5.54 Å².